The Kier molecular flexibility index (Phi) is 7.56. The Morgan fingerprint density at radius 3 is 2.48 bits per heavy atom. The van der Waals surface area contributed by atoms with Crippen LogP contribution in [0.1, 0.15) is 80.1 Å². The molecule has 0 amide bonds. The summed E-state index contributed by atoms with van der Waals surface area (Å²) in [5.74, 6) is -1.07. The van der Waals surface area contributed by atoms with Gasteiger partial charge in [0.15, 0.2) is 11.6 Å². The Morgan fingerprint density at radius 1 is 0.939 bits per heavy atom. The van der Waals surface area contributed by atoms with Crippen LogP contribution in [0.2, 0.25) is 0 Å². The number of allylic oxidation sites excluding steroid dienone is 2. The first-order valence-corrected chi connectivity index (χ1v) is 12.0. The van der Waals surface area contributed by atoms with Crippen LogP contribution in [-0.2, 0) is 0 Å². The van der Waals surface area contributed by atoms with Crippen LogP contribution in [0, 0.1) is 35.2 Å². The van der Waals surface area contributed by atoms with Crippen LogP contribution >= 0.6 is 0 Å². The summed E-state index contributed by atoms with van der Waals surface area (Å²) >= 11 is 0. The van der Waals surface area contributed by atoms with Crippen LogP contribution in [0.25, 0.3) is 0 Å². The van der Waals surface area contributed by atoms with E-state index in [-0.39, 0.29) is 17.2 Å². The number of carbonyl (C=O) groups is 1. The molecule has 2 saturated carbocycles. The first-order valence-electron chi connectivity index (χ1n) is 12.0. The molecule has 0 radical (unpaired) electrons. The summed E-state index contributed by atoms with van der Waals surface area (Å²) in [5.41, 5.74) is 0.712. The number of benzene rings is 2. The molecule has 0 bridgehead atoms. The highest BCUT2D eigenvalue weighted by Crippen LogP contribution is 2.48. The maximum Gasteiger partial charge on any atom is 0.343 e. The lowest BCUT2D eigenvalue weighted by Crippen LogP contribution is -2.30. The summed E-state index contributed by atoms with van der Waals surface area (Å²) in [7, 11) is 0. The SMILES string of the molecule is C/C=C/CCC1CCC2CC(c3ccc(C(=O)Oc4ccc(F)c(F)c4)cc3F)CCC2C1. The molecular weight excluding hydrogens is 425 g/mol. The highest BCUT2D eigenvalue weighted by atomic mass is 19.2. The van der Waals surface area contributed by atoms with Crippen molar-refractivity contribution in [3.05, 3.63) is 77.1 Å². The van der Waals surface area contributed by atoms with E-state index in [1.165, 1.54) is 31.7 Å². The van der Waals surface area contributed by atoms with Gasteiger partial charge in [0, 0.05) is 6.07 Å². The van der Waals surface area contributed by atoms with Gasteiger partial charge in [-0.05, 0) is 105 Å². The average Bonchev–Trinajstić information content (AvgIpc) is 2.81. The lowest BCUT2D eigenvalue weighted by atomic mass is 9.63. The van der Waals surface area contributed by atoms with Gasteiger partial charge in [-0.2, -0.15) is 0 Å². The van der Waals surface area contributed by atoms with Crippen molar-refractivity contribution in [2.75, 3.05) is 0 Å². The molecule has 2 fully saturated rings. The van der Waals surface area contributed by atoms with E-state index >= 15 is 0 Å². The lowest BCUT2D eigenvalue weighted by Gasteiger charge is -2.42. The predicted octanol–water partition coefficient (Wildman–Crippen LogP) is 7.98. The maximum atomic E-state index is 15.0. The smallest absolute Gasteiger partial charge is 0.343 e. The number of rotatable bonds is 6. The van der Waals surface area contributed by atoms with E-state index in [4.69, 9.17) is 4.74 Å². The Bertz CT molecular complexity index is 1020. The van der Waals surface area contributed by atoms with Crippen LogP contribution in [-0.4, -0.2) is 5.97 Å². The maximum absolute atomic E-state index is 15.0. The van der Waals surface area contributed by atoms with Crippen LogP contribution in [0.4, 0.5) is 13.2 Å². The fourth-order valence-corrected chi connectivity index (χ4v) is 5.72. The molecule has 5 heteroatoms. The van der Waals surface area contributed by atoms with E-state index in [1.807, 2.05) is 0 Å². The summed E-state index contributed by atoms with van der Waals surface area (Å²) < 4.78 is 46.4. The largest absolute Gasteiger partial charge is 0.423 e. The van der Waals surface area contributed by atoms with Gasteiger partial charge in [-0.25, -0.2) is 18.0 Å². The van der Waals surface area contributed by atoms with Crippen molar-refractivity contribution in [3.63, 3.8) is 0 Å². The molecule has 176 valence electrons. The van der Waals surface area contributed by atoms with E-state index in [2.05, 4.69) is 19.1 Å². The number of hydrogen-bond donors (Lipinski definition) is 0. The third-order valence-electron chi connectivity index (χ3n) is 7.48. The molecule has 2 aliphatic rings. The zero-order chi connectivity index (χ0) is 23.4. The molecule has 4 unspecified atom stereocenters. The van der Waals surface area contributed by atoms with Crippen molar-refractivity contribution in [2.45, 2.75) is 64.2 Å². The fourth-order valence-electron chi connectivity index (χ4n) is 5.72. The van der Waals surface area contributed by atoms with Gasteiger partial charge in [-0.1, -0.05) is 24.6 Å². The number of halogens is 3. The summed E-state index contributed by atoms with van der Waals surface area (Å²) in [4.78, 5) is 12.4. The first-order chi connectivity index (χ1) is 15.9. The van der Waals surface area contributed by atoms with E-state index in [1.54, 1.807) is 12.1 Å². The topological polar surface area (TPSA) is 26.3 Å². The quantitative estimate of drug-likeness (QED) is 0.250. The second-order valence-electron chi connectivity index (χ2n) is 9.56. The van der Waals surface area contributed by atoms with Crippen molar-refractivity contribution in [1.29, 1.82) is 0 Å². The van der Waals surface area contributed by atoms with Crippen molar-refractivity contribution < 1.29 is 22.7 Å². The molecule has 2 aromatic carbocycles. The third-order valence-corrected chi connectivity index (χ3v) is 7.48. The predicted molar refractivity (Wildman–Crippen MR) is 123 cm³/mol. The second kappa shape index (κ2) is 10.6. The van der Waals surface area contributed by atoms with Gasteiger partial charge in [-0.3, -0.25) is 0 Å². The number of fused-ring (bicyclic) bond motifs is 1. The van der Waals surface area contributed by atoms with Crippen LogP contribution in [0.15, 0.2) is 48.6 Å². The van der Waals surface area contributed by atoms with Crippen molar-refractivity contribution in [1.82, 2.24) is 0 Å². The van der Waals surface area contributed by atoms with Crippen molar-refractivity contribution in [2.24, 2.45) is 17.8 Å². The van der Waals surface area contributed by atoms with E-state index in [9.17, 15) is 18.0 Å². The Labute approximate surface area is 193 Å². The zero-order valence-corrected chi connectivity index (χ0v) is 19.0. The standard InChI is InChI=1S/C28H31F3O2/c1-2-3-4-5-18-6-7-20-15-21(9-8-19(20)14-18)24-12-10-22(16-26(24)30)28(32)33-23-11-13-25(29)27(31)17-23/h2-3,10-13,16-21H,4-9,14-15H2,1H3/b3-2+. The van der Waals surface area contributed by atoms with Crippen molar-refractivity contribution >= 4 is 5.97 Å². The number of carbonyl (C=O) groups excluding carboxylic acids is 1. The Hall–Kier alpha value is -2.56. The van der Waals surface area contributed by atoms with Crippen LogP contribution < -0.4 is 4.74 Å². The molecule has 0 aliphatic heterocycles. The highest BCUT2D eigenvalue weighted by molar-refractivity contribution is 5.91. The van der Waals surface area contributed by atoms with E-state index in [0.717, 1.165) is 55.7 Å². The monoisotopic (exact) mass is 456 g/mol. The Morgan fingerprint density at radius 2 is 1.73 bits per heavy atom. The highest BCUT2D eigenvalue weighted by Gasteiger charge is 2.36. The summed E-state index contributed by atoms with van der Waals surface area (Å²) in [6, 6.07) is 7.28. The number of hydrogen-bond acceptors (Lipinski definition) is 2. The minimum Gasteiger partial charge on any atom is -0.423 e. The minimum absolute atomic E-state index is 0.0521. The van der Waals surface area contributed by atoms with Crippen molar-refractivity contribution in [3.8, 4) is 5.75 Å². The van der Waals surface area contributed by atoms with Gasteiger partial charge in [0.25, 0.3) is 0 Å². The molecular formula is C28H31F3O2. The van der Waals surface area contributed by atoms with Gasteiger partial charge >= 0.3 is 5.97 Å². The normalized spacial score (nSPS) is 25.1. The summed E-state index contributed by atoms with van der Waals surface area (Å²) in [6.07, 6.45) is 13.7. The van der Waals surface area contributed by atoms with Gasteiger partial charge in [0.1, 0.15) is 11.6 Å². The minimum atomic E-state index is -1.11. The van der Waals surface area contributed by atoms with Gasteiger partial charge in [-0.15, -0.1) is 0 Å². The molecule has 2 aromatic rings. The lowest BCUT2D eigenvalue weighted by molar-refractivity contribution is 0.0733. The molecule has 2 aliphatic carbocycles. The summed E-state index contributed by atoms with van der Waals surface area (Å²) in [6.45, 7) is 2.07. The van der Waals surface area contributed by atoms with Crippen LogP contribution in [0.5, 0.6) is 5.75 Å². The average molecular weight is 457 g/mol. The van der Waals surface area contributed by atoms with Gasteiger partial charge in [0.05, 0.1) is 5.56 Å². The molecule has 33 heavy (non-hydrogen) atoms. The molecule has 4 rings (SSSR count). The molecule has 0 spiro atoms. The Balaban J connectivity index is 1.36. The fraction of sp³-hybridized carbons (Fsp3) is 0.464. The molecule has 0 heterocycles. The van der Waals surface area contributed by atoms with Crippen LogP contribution in [0.3, 0.4) is 0 Å². The van der Waals surface area contributed by atoms with E-state index < -0.39 is 23.4 Å². The first kappa shape index (κ1) is 23.6. The van der Waals surface area contributed by atoms with Gasteiger partial charge < -0.3 is 4.74 Å². The zero-order valence-electron chi connectivity index (χ0n) is 19.0. The number of ether oxygens (including phenoxy) is 1. The second-order valence-corrected chi connectivity index (χ2v) is 9.56. The number of esters is 1. The third kappa shape index (κ3) is 5.69. The molecule has 2 nitrogen and oxygen atoms in total. The molecule has 0 saturated heterocycles. The molecule has 4 atom stereocenters. The van der Waals surface area contributed by atoms with Gasteiger partial charge in [0.2, 0.25) is 0 Å². The van der Waals surface area contributed by atoms with E-state index in [0.29, 0.717) is 11.5 Å². The molecule has 0 N–H and O–H groups in total. The summed E-state index contributed by atoms with van der Waals surface area (Å²) in [5, 5.41) is 0. The molecule has 0 aromatic heterocycles.